The Balaban J connectivity index is 1.89. The fraction of sp³-hybridized carbons (Fsp3) is 0.130. The van der Waals surface area contributed by atoms with Crippen LogP contribution in [0.25, 0.3) is 0 Å². The van der Waals surface area contributed by atoms with Crippen LogP contribution < -0.4 is 15.4 Å². The number of primary amides is 1. The number of nitrogens with zero attached hydrogens (tertiary/aromatic N) is 1. The van der Waals surface area contributed by atoms with Crippen molar-refractivity contribution in [2.24, 2.45) is 5.73 Å². The summed E-state index contributed by atoms with van der Waals surface area (Å²) >= 11 is 0. The van der Waals surface area contributed by atoms with Gasteiger partial charge in [-0.25, -0.2) is 8.42 Å². The number of sulfonamides is 1. The largest absolute Gasteiger partial charge is 0.366 e. The topological polar surface area (TPSA) is 110 Å². The Hall–Kier alpha value is -3.65. The minimum absolute atomic E-state index is 0.0947. The third kappa shape index (κ3) is 5.29. The predicted molar refractivity (Wildman–Crippen MR) is 120 cm³/mol. The lowest BCUT2D eigenvalue weighted by Crippen LogP contribution is -2.38. The van der Waals surface area contributed by atoms with Crippen molar-refractivity contribution < 1.29 is 18.0 Å². The predicted octanol–water partition coefficient (Wildman–Crippen LogP) is 3.24. The molecule has 31 heavy (non-hydrogen) atoms. The van der Waals surface area contributed by atoms with Gasteiger partial charge in [0.25, 0.3) is 10.0 Å². The number of hydrogen-bond acceptors (Lipinski definition) is 4. The third-order valence-electron chi connectivity index (χ3n) is 4.67. The molecule has 0 atom stereocenters. The van der Waals surface area contributed by atoms with Crippen molar-refractivity contribution >= 4 is 33.2 Å². The summed E-state index contributed by atoms with van der Waals surface area (Å²) in [5, 5.41) is 2.66. The van der Waals surface area contributed by atoms with E-state index in [1.807, 2.05) is 13.8 Å². The molecular formula is C23H23N3O4S. The molecule has 0 heterocycles. The summed E-state index contributed by atoms with van der Waals surface area (Å²) in [5.74, 6) is -1.10. The molecule has 0 bridgehead atoms. The standard InChI is InChI=1S/C23H23N3O4S/c1-16-3-11-20(12-4-16)26(31(29,30)21-13-5-17(2)6-14-21)15-22(27)25-19-9-7-18(8-10-19)23(24)28/h3-14H,15H2,1-2H3,(H2,24,28)(H,25,27). The molecule has 0 radical (unpaired) electrons. The number of carbonyl (C=O) groups is 2. The number of carbonyl (C=O) groups excluding carboxylic acids is 2. The summed E-state index contributed by atoms with van der Waals surface area (Å²) < 4.78 is 27.7. The third-order valence-corrected chi connectivity index (χ3v) is 6.46. The van der Waals surface area contributed by atoms with E-state index in [-0.39, 0.29) is 4.90 Å². The highest BCUT2D eigenvalue weighted by Gasteiger charge is 2.27. The zero-order valence-electron chi connectivity index (χ0n) is 17.2. The highest BCUT2D eigenvalue weighted by atomic mass is 32.2. The van der Waals surface area contributed by atoms with Crippen LogP contribution in [0, 0.1) is 13.8 Å². The van der Waals surface area contributed by atoms with Crippen molar-refractivity contribution in [1.29, 1.82) is 0 Å². The lowest BCUT2D eigenvalue weighted by Gasteiger charge is -2.24. The first-order valence-corrected chi connectivity index (χ1v) is 11.0. The Morgan fingerprint density at radius 1 is 0.839 bits per heavy atom. The maximum Gasteiger partial charge on any atom is 0.264 e. The van der Waals surface area contributed by atoms with Gasteiger partial charge < -0.3 is 11.1 Å². The molecule has 0 aliphatic carbocycles. The summed E-state index contributed by atoms with van der Waals surface area (Å²) in [5.41, 5.74) is 8.22. The number of rotatable bonds is 7. The zero-order chi connectivity index (χ0) is 22.6. The van der Waals surface area contributed by atoms with Crippen molar-refractivity contribution in [2.45, 2.75) is 18.7 Å². The second-order valence-electron chi connectivity index (χ2n) is 7.15. The maximum atomic E-state index is 13.3. The van der Waals surface area contributed by atoms with Gasteiger partial charge in [0.15, 0.2) is 0 Å². The van der Waals surface area contributed by atoms with Crippen molar-refractivity contribution in [3.8, 4) is 0 Å². The van der Waals surface area contributed by atoms with E-state index < -0.39 is 28.4 Å². The van der Waals surface area contributed by atoms with Crippen LogP contribution in [0.1, 0.15) is 21.5 Å². The number of benzene rings is 3. The fourth-order valence-corrected chi connectivity index (χ4v) is 4.33. The molecule has 3 aromatic rings. The van der Waals surface area contributed by atoms with Crippen molar-refractivity contribution in [2.75, 3.05) is 16.2 Å². The average molecular weight is 438 g/mol. The van der Waals surface area contributed by atoms with Gasteiger partial charge in [-0.2, -0.15) is 0 Å². The molecule has 0 aliphatic heterocycles. The Morgan fingerprint density at radius 2 is 1.35 bits per heavy atom. The zero-order valence-corrected chi connectivity index (χ0v) is 18.0. The summed E-state index contributed by atoms with van der Waals surface area (Å²) in [7, 11) is -3.98. The van der Waals surface area contributed by atoms with Gasteiger partial charge in [-0.3, -0.25) is 13.9 Å². The highest BCUT2D eigenvalue weighted by Crippen LogP contribution is 2.24. The smallest absolute Gasteiger partial charge is 0.264 e. The molecule has 160 valence electrons. The summed E-state index contributed by atoms with van der Waals surface area (Å²) in [6.45, 7) is 3.34. The van der Waals surface area contributed by atoms with Crippen LogP contribution in [0.3, 0.4) is 0 Å². The van der Waals surface area contributed by atoms with E-state index >= 15 is 0 Å². The molecule has 8 heteroatoms. The summed E-state index contributed by atoms with van der Waals surface area (Å²) in [6.07, 6.45) is 0. The van der Waals surface area contributed by atoms with E-state index in [0.717, 1.165) is 15.4 Å². The normalized spacial score (nSPS) is 11.0. The molecule has 0 spiro atoms. The van der Waals surface area contributed by atoms with E-state index in [1.54, 1.807) is 36.4 Å². The monoisotopic (exact) mass is 437 g/mol. The van der Waals surface area contributed by atoms with Crippen LogP contribution in [0.15, 0.2) is 77.7 Å². The van der Waals surface area contributed by atoms with Gasteiger partial charge in [-0.1, -0.05) is 35.4 Å². The van der Waals surface area contributed by atoms with E-state index in [4.69, 9.17) is 5.73 Å². The van der Waals surface area contributed by atoms with E-state index in [1.165, 1.54) is 36.4 Å². The van der Waals surface area contributed by atoms with E-state index in [9.17, 15) is 18.0 Å². The van der Waals surface area contributed by atoms with Gasteiger partial charge in [0, 0.05) is 11.3 Å². The van der Waals surface area contributed by atoms with Gasteiger partial charge >= 0.3 is 0 Å². The molecule has 0 saturated carbocycles. The lowest BCUT2D eigenvalue weighted by molar-refractivity contribution is -0.114. The Bertz CT molecular complexity index is 1190. The second-order valence-corrected chi connectivity index (χ2v) is 9.01. The van der Waals surface area contributed by atoms with E-state index in [2.05, 4.69) is 5.32 Å². The van der Waals surface area contributed by atoms with Crippen LogP contribution in [0.5, 0.6) is 0 Å². The molecule has 7 nitrogen and oxygen atoms in total. The van der Waals surface area contributed by atoms with Crippen molar-refractivity contribution in [1.82, 2.24) is 0 Å². The van der Waals surface area contributed by atoms with Gasteiger partial charge in [0.2, 0.25) is 11.8 Å². The summed E-state index contributed by atoms with van der Waals surface area (Å²) in [6, 6.07) is 19.4. The first kappa shape index (κ1) is 22.0. The van der Waals surface area contributed by atoms with Crippen molar-refractivity contribution in [3.63, 3.8) is 0 Å². The number of nitrogens with two attached hydrogens (primary N) is 1. The van der Waals surface area contributed by atoms with Crippen LogP contribution in [0.2, 0.25) is 0 Å². The van der Waals surface area contributed by atoms with Crippen LogP contribution in [0.4, 0.5) is 11.4 Å². The van der Waals surface area contributed by atoms with Crippen LogP contribution >= 0.6 is 0 Å². The lowest BCUT2D eigenvalue weighted by atomic mass is 10.2. The van der Waals surface area contributed by atoms with Gasteiger partial charge in [0.1, 0.15) is 6.54 Å². The molecular weight excluding hydrogens is 414 g/mol. The number of amides is 2. The highest BCUT2D eigenvalue weighted by molar-refractivity contribution is 7.92. The van der Waals surface area contributed by atoms with Gasteiger partial charge in [-0.15, -0.1) is 0 Å². The Kier molecular flexibility index (Phi) is 6.41. The summed E-state index contributed by atoms with van der Waals surface area (Å²) in [4.78, 5) is 24.0. The molecule has 3 rings (SSSR count). The molecule has 0 aliphatic rings. The quantitative estimate of drug-likeness (QED) is 0.591. The SMILES string of the molecule is Cc1ccc(N(CC(=O)Nc2ccc(C(N)=O)cc2)S(=O)(=O)c2ccc(C)cc2)cc1. The first-order chi connectivity index (χ1) is 14.7. The molecule has 0 fully saturated rings. The Morgan fingerprint density at radius 3 is 1.87 bits per heavy atom. The van der Waals surface area contributed by atoms with Gasteiger partial charge in [-0.05, 0) is 62.4 Å². The molecule has 3 N–H and O–H groups in total. The molecule has 3 aromatic carbocycles. The van der Waals surface area contributed by atoms with Gasteiger partial charge in [0.05, 0.1) is 10.6 Å². The molecule has 2 amide bonds. The first-order valence-electron chi connectivity index (χ1n) is 9.52. The van der Waals surface area contributed by atoms with Crippen molar-refractivity contribution in [3.05, 3.63) is 89.5 Å². The average Bonchev–Trinajstić information content (AvgIpc) is 2.73. The number of aryl methyl sites for hydroxylation is 2. The fourth-order valence-electron chi connectivity index (χ4n) is 2.91. The molecule has 0 saturated heterocycles. The minimum Gasteiger partial charge on any atom is -0.366 e. The van der Waals surface area contributed by atoms with Crippen LogP contribution in [-0.2, 0) is 14.8 Å². The number of nitrogens with one attached hydrogen (secondary N) is 1. The van der Waals surface area contributed by atoms with Crippen LogP contribution in [-0.4, -0.2) is 26.8 Å². The molecule has 0 aromatic heterocycles. The maximum absolute atomic E-state index is 13.3. The molecule has 0 unspecified atom stereocenters. The second kappa shape index (κ2) is 9.01. The minimum atomic E-state index is -3.98. The number of hydrogen-bond donors (Lipinski definition) is 2. The van der Waals surface area contributed by atoms with E-state index in [0.29, 0.717) is 16.9 Å². The Labute approximate surface area is 181 Å². The number of anilines is 2.